The van der Waals surface area contributed by atoms with Crippen molar-refractivity contribution in [3.05, 3.63) is 24.0 Å². The fraction of sp³-hybridized carbons (Fsp3) is 0.333. The number of hydrogen-bond acceptors (Lipinski definition) is 4. The number of thioether (sulfide) groups is 1. The van der Waals surface area contributed by atoms with Crippen molar-refractivity contribution in [2.24, 2.45) is 0 Å². The van der Waals surface area contributed by atoms with E-state index >= 15 is 0 Å². The molecule has 0 fully saturated rings. The van der Waals surface area contributed by atoms with Gasteiger partial charge in [0.2, 0.25) is 5.91 Å². The first-order valence-corrected chi connectivity index (χ1v) is 6.41. The minimum atomic E-state index is -0.571. The molecule has 1 heterocycles. The van der Waals surface area contributed by atoms with Gasteiger partial charge in [0, 0.05) is 4.90 Å². The van der Waals surface area contributed by atoms with Gasteiger partial charge in [-0.15, -0.1) is 11.8 Å². The molecule has 1 amide bonds. The standard InChI is InChI=1S/C12H12FNO3S/c1-2-17-11(15)6-10-12(16)14-8-4-3-7(13)5-9(8)18-10/h3-5,10H,2,6H2,1H3,(H,14,16). The summed E-state index contributed by atoms with van der Waals surface area (Å²) >= 11 is 1.18. The molecule has 2 rings (SSSR count). The Bertz CT molecular complexity index is 492. The smallest absolute Gasteiger partial charge is 0.307 e. The summed E-state index contributed by atoms with van der Waals surface area (Å²) in [4.78, 5) is 23.7. The second-order valence-corrected chi connectivity index (χ2v) is 4.99. The molecule has 96 valence electrons. The third kappa shape index (κ3) is 2.81. The third-order valence-corrected chi connectivity index (χ3v) is 3.68. The van der Waals surface area contributed by atoms with Gasteiger partial charge in [0.25, 0.3) is 0 Å². The van der Waals surface area contributed by atoms with E-state index < -0.39 is 11.2 Å². The zero-order valence-electron chi connectivity index (χ0n) is 9.73. The van der Waals surface area contributed by atoms with Gasteiger partial charge >= 0.3 is 5.97 Å². The number of halogens is 1. The Morgan fingerprint density at radius 1 is 1.56 bits per heavy atom. The van der Waals surface area contributed by atoms with Crippen molar-refractivity contribution in [3.63, 3.8) is 0 Å². The van der Waals surface area contributed by atoms with Gasteiger partial charge in [0.1, 0.15) is 5.82 Å². The summed E-state index contributed by atoms with van der Waals surface area (Å²) < 4.78 is 17.9. The molecule has 0 aliphatic carbocycles. The van der Waals surface area contributed by atoms with E-state index in [0.29, 0.717) is 10.6 Å². The van der Waals surface area contributed by atoms with Crippen LogP contribution < -0.4 is 5.32 Å². The molecule has 18 heavy (non-hydrogen) atoms. The molecule has 4 nitrogen and oxygen atoms in total. The summed E-state index contributed by atoms with van der Waals surface area (Å²) in [5.74, 6) is -1.05. The van der Waals surface area contributed by atoms with Crippen molar-refractivity contribution in [2.75, 3.05) is 11.9 Å². The van der Waals surface area contributed by atoms with Gasteiger partial charge < -0.3 is 10.1 Å². The number of rotatable bonds is 3. The van der Waals surface area contributed by atoms with E-state index in [1.54, 1.807) is 6.92 Å². The number of hydrogen-bond donors (Lipinski definition) is 1. The molecule has 0 bridgehead atoms. The van der Waals surface area contributed by atoms with Crippen molar-refractivity contribution < 1.29 is 18.7 Å². The van der Waals surface area contributed by atoms with Gasteiger partial charge in [-0.2, -0.15) is 0 Å². The summed E-state index contributed by atoms with van der Waals surface area (Å²) in [6.07, 6.45) is -0.0136. The highest BCUT2D eigenvalue weighted by molar-refractivity contribution is 8.01. The van der Waals surface area contributed by atoms with E-state index in [2.05, 4.69) is 5.32 Å². The minimum absolute atomic E-state index is 0.0136. The number of benzene rings is 1. The normalized spacial score (nSPS) is 17.9. The maximum atomic E-state index is 13.1. The summed E-state index contributed by atoms with van der Waals surface area (Å²) in [5.41, 5.74) is 0.575. The molecule has 1 aromatic carbocycles. The van der Waals surface area contributed by atoms with E-state index in [0.717, 1.165) is 0 Å². The molecule has 6 heteroatoms. The van der Waals surface area contributed by atoms with E-state index in [1.807, 2.05) is 0 Å². The van der Waals surface area contributed by atoms with Crippen molar-refractivity contribution in [1.82, 2.24) is 0 Å². The lowest BCUT2D eigenvalue weighted by atomic mass is 10.2. The molecule has 0 saturated heterocycles. The van der Waals surface area contributed by atoms with Gasteiger partial charge in [-0.25, -0.2) is 4.39 Å². The van der Waals surface area contributed by atoms with Gasteiger partial charge in [-0.3, -0.25) is 9.59 Å². The zero-order chi connectivity index (χ0) is 13.1. The molecule has 0 aromatic heterocycles. The summed E-state index contributed by atoms with van der Waals surface area (Å²) in [6.45, 7) is 1.99. The van der Waals surface area contributed by atoms with Crippen LogP contribution in [0.4, 0.5) is 10.1 Å². The lowest BCUT2D eigenvalue weighted by molar-refractivity contribution is -0.143. The van der Waals surface area contributed by atoms with Crippen LogP contribution in [-0.4, -0.2) is 23.7 Å². The van der Waals surface area contributed by atoms with Crippen LogP contribution in [0.25, 0.3) is 0 Å². The van der Waals surface area contributed by atoms with Crippen LogP contribution in [0, 0.1) is 5.82 Å². The predicted molar refractivity (Wildman–Crippen MR) is 65.9 cm³/mol. The number of carbonyl (C=O) groups excluding carboxylic acids is 2. The highest BCUT2D eigenvalue weighted by Gasteiger charge is 2.29. The second-order valence-electron chi connectivity index (χ2n) is 3.75. The number of fused-ring (bicyclic) bond motifs is 1. The van der Waals surface area contributed by atoms with Crippen molar-refractivity contribution >= 4 is 29.3 Å². The summed E-state index contributed by atoms with van der Waals surface area (Å²) in [7, 11) is 0. The lowest BCUT2D eigenvalue weighted by Crippen LogP contribution is -2.31. The summed E-state index contributed by atoms with van der Waals surface area (Å²) in [5, 5.41) is 2.08. The minimum Gasteiger partial charge on any atom is -0.466 e. The molecule has 0 radical (unpaired) electrons. The van der Waals surface area contributed by atoms with E-state index in [4.69, 9.17) is 4.74 Å². The molecule has 1 aliphatic rings. The first-order chi connectivity index (χ1) is 8.60. The Morgan fingerprint density at radius 2 is 2.33 bits per heavy atom. The van der Waals surface area contributed by atoms with E-state index in [9.17, 15) is 14.0 Å². The predicted octanol–water partition coefficient (Wildman–Crippen LogP) is 2.19. The number of nitrogens with one attached hydrogen (secondary N) is 1. The average Bonchev–Trinajstić information content (AvgIpc) is 2.31. The van der Waals surface area contributed by atoms with Crippen molar-refractivity contribution in [2.45, 2.75) is 23.5 Å². The molecule has 0 saturated carbocycles. The molecule has 0 spiro atoms. The van der Waals surface area contributed by atoms with Crippen LogP contribution >= 0.6 is 11.8 Å². The molecule has 1 N–H and O–H groups in total. The van der Waals surface area contributed by atoms with Gasteiger partial charge in [0.15, 0.2) is 0 Å². The Balaban J connectivity index is 2.12. The Kier molecular flexibility index (Phi) is 3.86. The number of ether oxygens (including phenoxy) is 1. The molecule has 1 atom stereocenters. The Morgan fingerprint density at radius 3 is 3.06 bits per heavy atom. The van der Waals surface area contributed by atoms with Crippen LogP contribution in [0.2, 0.25) is 0 Å². The van der Waals surface area contributed by atoms with Crippen LogP contribution in [-0.2, 0) is 14.3 Å². The highest BCUT2D eigenvalue weighted by atomic mass is 32.2. The van der Waals surface area contributed by atoms with Crippen molar-refractivity contribution in [3.8, 4) is 0 Å². The average molecular weight is 269 g/mol. The number of esters is 1. The van der Waals surface area contributed by atoms with Crippen LogP contribution in [0.1, 0.15) is 13.3 Å². The molecule has 1 aromatic rings. The quantitative estimate of drug-likeness (QED) is 0.855. The third-order valence-electron chi connectivity index (χ3n) is 2.42. The SMILES string of the molecule is CCOC(=O)CC1Sc2cc(F)ccc2NC1=O. The number of carbonyl (C=O) groups is 2. The topological polar surface area (TPSA) is 55.4 Å². The fourth-order valence-electron chi connectivity index (χ4n) is 1.62. The Hall–Kier alpha value is -1.56. The molecule has 1 aliphatic heterocycles. The second kappa shape index (κ2) is 5.39. The van der Waals surface area contributed by atoms with E-state index in [1.165, 1.54) is 30.0 Å². The molecular formula is C12H12FNO3S. The largest absolute Gasteiger partial charge is 0.466 e. The van der Waals surface area contributed by atoms with Crippen LogP contribution in [0.15, 0.2) is 23.1 Å². The lowest BCUT2D eigenvalue weighted by Gasteiger charge is -2.23. The van der Waals surface area contributed by atoms with Crippen molar-refractivity contribution in [1.29, 1.82) is 0 Å². The molecule has 1 unspecified atom stereocenters. The van der Waals surface area contributed by atoms with E-state index in [-0.39, 0.29) is 24.8 Å². The summed E-state index contributed by atoms with van der Waals surface area (Å²) in [6, 6.07) is 4.14. The first kappa shape index (κ1) is 12.9. The maximum Gasteiger partial charge on any atom is 0.307 e. The highest BCUT2D eigenvalue weighted by Crippen LogP contribution is 2.37. The fourth-order valence-corrected chi connectivity index (χ4v) is 2.74. The van der Waals surface area contributed by atoms with Gasteiger partial charge in [-0.05, 0) is 25.1 Å². The van der Waals surface area contributed by atoms with Gasteiger partial charge in [0.05, 0.1) is 24.0 Å². The monoisotopic (exact) mass is 269 g/mol. The van der Waals surface area contributed by atoms with Crippen LogP contribution in [0.3, 0.4) is 0 Å². The van der Waals surface area contributed by atoms with Gasteiger partial charge in [-0.1, -0.05) is 0 Å². The van der Waals surface area contributed by atoms with Crippen LogP contribution in [0.5, 0.6) is 0 Å². The first-order valence-electron chi connectivity index (χ1n) is 5.53. The molecular weight excluding hydrogens is 257 g/mol. The zero-order valence-corrected chi connectivity index (χ0v) is 10.6. The maximum absolute atomic E-state index is 13.1. The Labute approximate surface area is 108 Å². The number of anilines is 1. The number of amides is 1.